The maximum Gasteiger partial charge on any atom is 0.310 e. The predicted molar refractivity (Wildman–Crippen MR) is 82.4 cm³/mol. The maximum absolute atomic E-state index is 11.9. The van der Waals surface area contributed by atoms with E-state index < -0.39 is 0 Å². The van der Waals surface area contributed by atoms with Gasteiger partial charge in [-0.3, -0.25) is 9.69 Å². The van der Waals surface area contributed by atoms with E-state index in [4.69, 9.17) is 9.47 Å². The van der Waals surface area contributed by atoms with Crippen LogP contribution in [0.4, 0.5) is 0 Å². The third kappa shape index (κ3) is 4.21. The van der Waals surface area contributed by atoms with E-state index in [0.29, 0.717) is 6.61 Å². The second kappa shape index (κ2) is 7.46. The van der Waals surface area contributed by atoms with Gasteiger partial charge in [-0.15, -0.1) is 0 Å². The second-order valence-electron chi connectivity index (χ2n) is 5.63. The molecule has 21 heavy (non-hydrogen) atoms. The first kappa shape index (κ1) is 15.8. The van der Waals surface area contributed by atoms with Gasteiger partial charge in [0, 0.05) is 13.1 Å². The first-order chi connectivity index (χ1) is 10.1. The first-order valence-electron chi connectivity index (χ1n) is 7.66. The van der Waals surface area contributed by atoms with Crippen LogP contribution in [0.1, 0.15) is 30.9 Å². The van der Waals surface area contributed by atoms with Crippen LogP contribution in [0, 0.1) is 12.8 Å². The summed E-state index contributed by atoms with van der Waals surface area (Å²) in [6.45, 7) is 7.09. The second-order valence-corrected chi connectivity index (χ2v) is 5.63. The van der Waals surface area contributed by atoms with E-state index in [1.807, 2.05) is 13.0 Å². The smallest absolute Gasteiger partial charge is 0.310 e. The number of rotatable bonds is 5. The van der Waals surface area contributed by atoms with Crippen molar-refractivity contribution < 1.29 is 14.3 Å². The molecule has 1 unspecified atom stereocenters. The molecule has 1 aromatic carbocycles. The summed E-state index contributed by atoms with van der Waals surface area (Å²) in [5.74, 6) is 0.896. The Kier molecular flexibility index (Phi) is 5.62. The van der Waals surface area contributed by atoms with Gasteiger partial charge in [0.2, 0.25) is 0 Å². The van der Waals surface area contributed by atoms with Crippen LogP contribution in [0.25, 0.3) is 0 Å². The van der Waals surface area contributed by atoms with Crippen molar-refractivity contribution in [1.82, 2.24) is 4.90 Å². The van der Waals surface area contributed by atoms with Gasteiger partial charge in [0.05, 0.1) is 19.6 Å². The zero-order chi connectivity index (χ0) is 15.2. The number of ether oxygens (including phenoxy) is 2. The molecule has 1 atom stereocenters. The molecule has 0 N–H and O–H groups in total. The molecule has 0 spiro atoms. The van der Waals surface area contributed by atoms with Gasteiger partial charge in [-0.1, -0.05) is 12.1 Å². The van der Waals surface area contributed by atoms with Crippen LogP contribution in [-0.2, 0) is 16.1 Å². The number of hydrogen-bond donors (Lipinski definition) is 0. The van der Waals surface area contributed by atoms with Gasteiger partial charge < -0.3 is 9.47 Å². The molecule has 1 aliphatic rings. The SMILES string of the molecule is CCOC(=O)C1CCCN(Cc2ccc(OC)c(C)c2)C1. The number of esters is 1. The van der Waals surface area contributed by atoms with Gasteiger partial charge in [-0.2, -0.15) is 0 Å². The van der Waals surface area contributed by atoms with E-state index in [0.717, 1.165) is 43.8 Å². The Balaban J connectivity index is 1.96. The fourth-order valence-corrected chi connectivity index (χ4v) is 2.95. The van der Waals surface area contributed by atoms with Crippen molar-refractivity contribution in [1.29, 1.82) is 0 Å². The Labute approximate surface area is 127 Å². The van der Waals surface area contributed by atoms with Gasteiger partial charge in [0.1, 0.15) is 5.75 Å². The highest BCUT2D eigenvalue weighted by Crippen LogP contribution is 2.23. The number of benzene rings is 1. The van der Waals surface area contributed by atoms with Gasteiger partial charge in [0.25, 0.3) is 0 Å². The molecule has 0 aliphatic carbocycles. The van der Waals surface area contributed by atoms with Gasteiger partial charge in [0.15, 0.2) is 0 Å². The summed E-state index contributed by atoms with van der Waals surface area (Å²) in [7, 11) is 1.69. The number of carbonyl (C=O) groups excluding carboxylic acids is 1. The molecule has 0 amide bonds. The van der Waals surface area contributed by atoms with Crippen molar-refractivity contribution in [3.63, 3.8) is 0 Å². The molecule has 0 aromatic heterocycles. The summed E-state index contributed by atoms with van der Waals surface area (Å²) < 4.78 is 10.4. The molecule has 2 rings (SSSR count). The van der Waals surface area contributed by atoms with Crippen LogP contribution in [0.2, 0.25) is 0 Å². The molecule has 0 bridgehead atoms. The first-order valence-corrected chi connectivity index (χ1v) is 7.66. The minimum absolute atomic E-state index is 0.0260. The van der Waals surface area contributed by atoms with E-state index >= 15 is 0 Å². The number of methoxy groups -OCH3 is 1. The molecule has 4 heteroatoms. The molecule has 0 saturated carbocycles. The van der Waals surface area contributed by atoms with Crippen molar-refractivity contribution in [2.75, 3.05) is 26.8 Å². The van der Waals surface area contributed by atoms with Crippen LogP contribution in [0.3, 0.4) is 0 Å². The average molecular weight is 291 g/mol. The van der Waals surface area contributed by atoms with E-state index in [1.54, 1.807) is 7.11 Å². The van der Waals surface area contributed by atoms with Crippen molar-refractivity contribution in [3.05, 3.63) is 29.3 Å². The average Bonchev–Trinajstić information content (AvgIpc) is 2.48. The van der Waals surface area contributed by atoms with Crippen LogP contribution in [0.15, 0.2) is 18.2 Å². The third-order valence-electron chi connectivity index (χ3n) is 3.99. The lowest BCUT2D eigenvalue weighted by molar-refractivity contribution is -0.150. The third-order valence-corrected chi connectivity index (χ3v) is 3.99. The molecule has 1 saturated heterocycles. The molecule has 4 nitrogen and oxygen atoms in total. The fraction of sp³-hybridized carbons (Fsp3) is 0.588. The highest BCUT2D eigenvalue weighted by molar-refractivity contribution is 5.72. The fourth-order valence-electron chi connectivity index (χ4n) is 2.95. The van der Waals surface area contributed by atoms with E-state index in [2.05, 4.69) is 24.0 Å². The van der Waals surface area contributed by atoms with Crippen molar-refractivity contribution in [3.8, 4) is 5.75 Å². The minimum Gasteiger partial charge on any atom is -0.496 e. The van der Waals surface area contributed by atoms with E-state index in [-0.39, 0.29) is 11.9 Å². The van der Waals surface area contributed by atoms with Crippen LogP contribution >= 0.6 is 0 Å². The van der Waals surface area contributed by atoms with Crippen LogP contribution in [-0.4, -0.2) is 37.7 Å². The highest BCUT2D eigenvalue weighted by atomic mass is 16.5. The number of aryl methyl sites for hydroxylation is 1. The minimum atomic E-state index is -0.0480. The summed E-state index contributed by atoms with van der Waals surface area (Å²) in [5.41, 5.74) is 2.41. The van der Waals surface area contributed by atoms with Crippen LogP contribution < -0.4 is 4.74 Å². The molecular weight excluding hydrogens is 266 g/mol. The molecular formula is C17H25NO3. The lowest BCUT2D eigenvalue weighted by Crippen LogP contribution is -2.38. The molecule has 1 aromatic rings. The standard InChI is InChI=1S/C17H25NO3/c1-4-21-17(19)15-6-5-9-18(12-15)11-14-7-8-16(20-3)13(2)10-14/h7-8,10,15H,4-6,9,11-12H2,1-3H3. The van der Waals surface area contributed by atoms with E-state index in [1.165, 1.54) is 5.56 Å². The quantitative estimate of drug-likeness (QED) is 0.782. The normalized spacial score (nSPS) is 19.3. The lowest BCUT2D eigenvalue weighted by Gasteiger charge is -2.31. The Morgan fingerprint density at radius 3 is 2.90 bits per heavy atom. The lowest BCUT2D eigenvalue weighted by atomic mass is 9.97. The molecule has 116 valence electrons. The largest absolute Gasteiger partial charge is 0.496 e. The zero-order valence-corrected chi connectivity index (χ0v) is 13.2. The summed E-state index contributed by atoms with van der Waals surface area (Å²) in [5, 5.41) is 0. The van der Waals surface area contributed by atoms with Gasteiger partial charge in [-0.05, 0) is 50.4 Å². The predicted octanol–water partition coefficient (Wildman–Crippen LogP) is 2.78. The number of carbonyl (C=O) groups is 1. The number of piperidine rings is 1. The summed E-state index contributed by atoms with van der Waals surface area (Å²) in [4.78, 5) is 14.2. The summed E-state index contributed by atoms with van der Waals surface area (Å²) in [6, 6.07) is 6.27. The van der Waals surface area contributed by atoms with Crippen LogP contribution in [0.5, 0.6) is 5.75 Å². The van der Waals surface area contributed by atoms with Crippen molar-refractivity contribution >= 4 is 5.97 Å². The Morgan fingerprint density at radius 1 is 1.43 bits per heavy atom. The molecule has 0 radical (unpaired) electrons. The monoisotopic (exact) mass is 291 g/mol. The number of likely N-dealkylation sites (tertiary alicyclic amines) is 1. The van der Waals surface area contributed by atoms with Gasteiger partial charge >= 0.3 is 5.97 Å². The van der Waals surface area contributed by atoms with Gasteiger partial charge in [-0.25, -0.2) is 0 Å². The molecule has 1 aliphatic heterocycles. The summed E-state index contributed by atoms with van der Waals surface area (Å²) >= 11 is 0. The highest BCUT2D eigenvalue weighted by Gasteiger charge is 2.26. The van der Waals surface area contributed by atoms with Crippen molar-refractivity contribution in [2.45, 2.75) is 33.2 Å². The maximum atomic E-state index is 11.9. The Bertz CT molecular complexity index is 487. The van der Waals surface area contributed by atoms with Crippen molar-refractivity contribution in [2.24, 2.45) is 5.92 Å². The summed E-state index contributed by atoms with van der Waals surface area (Å²) in [6.07, 6.45) is 2.00. The molecule has 1 fully saturated rings. The topological polar surface area (TPSA) is 38.8 Å². The number of nitrogens with zero attached hydrogens (tertiary/aromatic N) is 1. The zero-order valence-electron chi connectivity index (χ0n) is 13.2. The van der Waals surface area contributed by atoms with E-state index in [9.17, 15) is 4.79 Å². The molecule has 1 heterocycles. The Hall–Kier alpha value is -1.55. The number of hydrogen-bond acceptors (Lipinski definition) is 4. The Morgan fingerprint density at radius 2 is 2.24 bits per heavy atom.